The van der Waals surface area contributed by atoms with Crippen LogP contribution in [0, 0.1) is 0 Å². The Kier molecular flexibility index (Phi) is 3.87. The van der Waals surface area contributed by atoms with Crippen molar-refractivity contribution in [2.45, 2.75) is 13.0 Å². The van der Waals surface area contributed by atoms with Gasteiger partial charge in [-0.05, 0) is 41.1 Å². The second kappa shape index (κ2) is 5.13. The van der Waals surface area contributed by atoms with E-state index >= 15 is 0 Å². The SMILES string of the molecule is CC1CS(=O)(=O)CCN1c1ccc(C(=O)O)cc1Br. The third-order valence-corrected chi connectivity index (χ3v) is 5.60. The highest BCUT2D eigenvalue weighted by Gasteiger charge is 2.29. The monoisotopic (exact) mass is 347 g/mol. The number of nitrogens with zero attached hydrogens (tertiary/aromatic N) is 1. The molecule has 0 saturated carbocycles. The summed E-state index contributed by atoms with van der Waals surface area (Å²) in [4.78, 5) is 12.9. The molecule has 1 heterocycles. The Labute approximate surface area is 120 Å². The van der Waals surface area contributed by atoms with Crippen molar-refractivity contribution in [3.8, 4) is 0 Å². The van der Waals surface area contributed by atoms with Gasteiger partial charge in [0.1, 0.15) is 0 Å². The minimum atomic E-state index is -2.96. The normalized spacial score (nSPS) is 22.2. The molecule has 1 aromatic carbocycles. The number of carboxylic acid groups (broad SMARTS) is 1. The first-order chi connectivity index (χ1) is 8.80. The van der Waals surface area contributed by atoms with E-state index in [0.29, 0.717) is 11.0 Å². The Morgan fingerprint density at radius 3 is 2.68 bits per heavy atom. The summed E-state index contributed by atoms with van der Waals surface area (Å²) in [5.41, 5.74) is 1.03. The number of sulfone groups is 1. The first-order valence-corrected chi connectivity index (χ1v) is 8.41. The molecule has 0 radical (unpaired) electrons. The molecule has 1 aliphatic heterocycles. The van der Waals surface area contributed by atoms with E-state index in [1.807, 2.05) is 11.8 Å². The molecule has 0 aliphatic carbocycles. The summed E-state index contributed by atoms with van der Waals surface area (Å²) in [7, 11) is -2.96. The summed E-state index contributed by atoms with van der Waals surface area (Å²) in [5, 5.41) is 8.92. The van der Waals surface area contributed by atoms with Crippen LogP contribution in [-0.2, 0) is 9.84 Å². The van der Waals surface area contributed by atoms with Crippen molar-refractivity contribution >= 4 is 37.4 Å². The van der Waals surface area contributed by atoms with E-state index in [-0.39, 0.29) is 23.1 Å². The van der Waals surface area contributed by atoms with Crippen molar-refractivity contribution in [1.29, 1.82) is 0 Å². The molecule has 1 saturated heterocycles. The van der Waals surface area contributed by atoms with Crippen molar-refractivity contribution < 1.29 is 18.3 Å². The lowest BCUT2D eigenvalue weighted by molar-refractivity contribution is 0.0697. The standard InChI is InChI=1S/C12H14BrNO4S/c1-8-7-19(17,18)5-4-14(8)11-3-2-9(12(15)16)6-10(11)13/h2-3,6,8H,4-5,7H2,1H3,(H,15,16). The highest BCUT2D eigenvalue weighted by atomic mass is 79.9. The van der Waals surface area contributed by atoms with Crippen LogP contribution in [0.3, 0.4) is 0 Å². The molecule has 7 heteroatoms. The van der Waals surface area contributed by atoms with Crippen LogP contribution in [0.15, 0.2) is 22.7 Å². The zero-order valence-corrected chi connectivity index (χ0v) is 12.7. The highest BCUT2D eigenvalue weighted by Crippen LogP contribution is 2.30. The number of rotatable bonds is 2. The second-order valence-corrected chi connectivity index (χ2v) is 7.71. The average molecular weight is 348 g/mol. The quantitative estimate of drug-likeness (QED) is 0.882. The number of aromatic carboxylic acids is 1. The lowest BCUT2D eigenvalue weighted by atomic mass is 10.1. The Morgan fingerprint density at radius 2 is 2.16 bits per heavy atom. The number of benzene rings is 1. The molecule has 1 fully saturated rings. The van der Waals surface area contributed by atoms with Crippen LogP contribution in [0.25, 0.3) is 0 Å². The Bertz CT molecular complexity index is 614. The predicted molar refractivity (Wildman–Crippen MR) is 76.6 cm³/mol. The second-order valence-electron chi connectivity index (χ2n) is 4.63. The van der Waals surface area contributed by atoms with Gasteiger partial charge in [0.05, 0.1) is 22.8 Å². The van der Waals surface area contributed by atoms with E-state index in [1.165, 1.54) is 12.1 Å². The zero-order chi connectivity index (χ0) is 14.2. The number of hydrogen-bond donors (Lipinski definition) is 1. The molecule has 1 aromatic rings. The van der Waals surface area contributed by atoms with E-state index in [1.54, 1.807) is 6.07 Å². The molecule has 0 aromatic heterocycles. The maximum atomic E-state index is 11.6. The molecule has 2 rings (SSSR count). The van der Waals surface area contributed by atoms with Gasteiger partial charge in [0, 0.05) is 17.1 Å². The number of anilines is 1. The number of halogens is 1. The molecule has 1 N–H and O–H groups in total. The lowest BCUT2D eigenvalue weighted by Crippen LogP contribution is -2.47. The third kappa shape index (κ3) is 3.09. The van der Waals surface area contributed by atoms with E-state index in [4.69, 9.17) is 5.11 Å². The molecule has 5 nitrogen and oxygen atoms in total. The summed E-state index contributed by atoms with van der Waals surface area (Å²) in [5.74, 6) is -0.730. The molecule has 0 bridgehead atoms. The Hall–Kier alpha value is -1.08. The van der Waals surface area contributed by atoms with Crippen molar-refractivity contribution in [1.82, 2.24) is 0 Å². The Balaban J connectivity index is 2.30. The zero-order valence-electron chi connectivity index (χ0n) is 10.3. The minimum absolute atomic E-state index is 0.120. The van der Waals surface area contributed by atoms with Crippen LogP contribution in [0.5, 0.6) is 0 Å². The molecule has 0 amide bonds. The van der Waals surface area contributed by atoms with Gasteiger partial charge in [0.25, 0.3) is 0 Å². The van der Waals surface area contributed by atoms with E-state index < -0.39 is 15.8 Å². The predicted octanol–water partition coefficient (Wildman–Crippen LogP) is 1.77. The van der Waals surface area contributed by atoms with Gasteiger partial charge >= 0.3 is 5.97 Å². The fourth-order valence-electron chi connectivity index (χ4n) is 2.23. The molecule has 1 atom stereocenters. The molecular formula is C12H14BrNO4S. The molecule has 0 spiro atoms. The van der Waals surface area contributed by atoms with Gasteiger partial charge in [-0.2, -0.15) is 0 Å². The molecule has 1 aliphatic rings. The largest absolute Gasteiger partial charge is 0.478 e. The summed E-state index contributed by atoms with van der Waals surface area (Å²) >= 11 is 3.35. The van der Waals surface area contributed by atoms with E-state index in [9.17, 15) is 13.2 Å². The van der Waals surface area contributed by atoms with Crippen molar-refractivity contribution in [3.63, 3.8) is 0 Å². The van der Waals surface area contributed by atoms with Crippen molar-refractivity contribution in [3.05, 3.63) is 28.2 Å². The fraction of sp³-hybridized carbons (Fsp3) is 0.417. The third-order valence-electron chi connectivity index (χ3n) is 3.17. The van der Waals surface area contributed by atoms with Crippen molar-refractivity contribution in [2.75, 3.05) is 23.0 Å². The number of carbonyl (C=O) groups is 1. The molecule has 19 heavy (non-hydrogen) atoms. The maximum absolute atomic E-state index is 11.6. The average Bonchev–Trinajstić information content (AvgIpc) is 2.29. The van der Waals surface area contributed by atoms with Crippen LogP contribution in [0.1, 0.15) is 17.3 Å². The van der Waals surface area contributed by atoms with Gasteiger partial charge in [0.2, 0.25) is 0 Å². The van der Waals surface area contributed by atoms with Gasteiger partial charge in [-0.15, -0.1) is 0 Å². The Morgan fingerprint density at radius 1 is 1.47 bits per heavy atom. The lowest BCUT2D eigenvalue weighted by Gasteiger charge is -2.35. The first-order valence-electron chi connectivity index (χ1n) is 5.80. The van der Waals surface area contributed by atoms with Crippen LogP contribution in [0.4, 0.5) is 5.69 Å². The molecular weight excluding hydrogens is 334 g/mol. The highest BCUT2D eigenvalue weighted by molar-refractivity contribution is 9.10. The summed E-state index contributed by atoms with van der Waals surface area (Å²) in [6.45, 7) is 2.28. The van der Waals surface area contributed by atoms with Crippen LogP contribution in [-0.4, -0.2) is 43.6 Å². The van der Waals surface area contributed by atoms with E-state index in [0.717, 1.165) is 5.69 Å². The smallest absolute Gasteiger partial charge is 0.335 e. The number of carboxylic acids is 1. The van der Waals surface area contributed by atoms with Crippen molar-refractivity contribution in [2.24, 2.45) is 0 Å². The maximum Gasteiger partial charge on any atom is 0.335 e. The summed E-state index contributed by atoms with van der Waals surface area (Å²) < 4.78 is 23.8. The summed E-state index contributed by atoms with van der Waals surface area (Å²) in [6.07, 6.45) is 0. The first kappa shape index (κ1) is 14.3. The fourth-order valence-corrected chi connectivity index (χ4v) is 4.39. The minimum Gasteiger partial charge on any atom is -0.478 e. The van der Waals surface area contributed by atoms with Gasteiger partial charge in [-0.1, -0.05) is 0 Å². The van der Waals surface area contributed by atoms with Crippen LogP contribution < -0.4 is 4.90 Å². The summed E-state index contributed by atoms with van der Waals surface area (Å²) in [6, 6.07) is 4.65. The van der Waals surface area contributed by atoms with Crippen LogP contribution in [0.2, 0.25) is 0 Å². The van der Waals surface area contributed by atoms with Gasteiger partial charge in [0.15, 0.2) is 9.84 Å². The molecule has 1 unspecified atom stereocenters. The van der Waals surface area contributed by atoms with Gasteiger partial charge < -0.3 is 10.0 Å². The molecule has 104 valence electrons. The van der Waals surface area contributed by atoms with Gasteiger partial charge in [-0.25, -0.2) is 13.2 Å². The van der Waals surface area contributed by atoms with Gasteiger partial charge in [-0.3, -0.25) is 0 Å². The number of hydrogen-bond acceptors (Lipinski definition) is 4. The topological polar surface area (TPSA) is 74.7 Å². The van der Waals surface area contributed by atoms with Crippen LogP contribution >= 0.6 is 15.9 Å². The van der Waals surface area contributed by atoms with E-state index in [2.05, 4.69) is 15.9 Å².